The van der Waals surface area contributed by atoms with E-state index in [1.165, 1.54) is 5.56 Å². The number of aryl methyl sites for hydroxylation is 1. The van der Waals surface area contributed by atoms with Crippen LogP contribution in [0.15, 0.2) is 43.0 Å². The highest BCUT2D eigenvalue weighted by Crippen LogP contribution is 2.27. The van der Waals surface area contributed by atoms with Gasteiger partial charge in [-0.2, -0.15) is 0 Å². The minimum atomic E-state index is 0.323. The first-order chi connectivity index (χ1) is 6.40. The maximum Gasteiger partial charge on any atom is 0.102 e. The lowest BCUT2D eigenvalue weighted by Gasteiger charge is -1.96. The lowest BCUT2D eigenvalue weighted by Crippen LogP contribution is -1.93. The molecule has 2 rings (SSSR count). The van der Waals surface area contributed by atoms with Crippen LogP contribution in [-0.4, -0.2) is 12.2 Å². The van der Waals surface area contributed by atoms with Gasteiger partial charge in [0.05, 0.1) is 6.10 Å². The average molecular weight is 174 g/mol. The molecule has 0 N–H and O–H groups in total. The third kappa shape index (κ3) is 2.19. The van der Waals surface area contributed by atoms with Gasteiger partial charge in [0.1, 0.15) is 6.10 Å². The fraction of sp³-hybridized carbons (Fsp3) is 0.333. The normalized spacial score (nSPS) is 25.5. The second-order valence-corrected chi connectivity index (χ2v) is 3.40. The molecule has 68 valence electrons. The van der Waals surface area contributed by atoms with E-state index in [2.05, 4.69) is 30.8 Å². The fourth-order valence-corrected chi connectivity index (χ4v) is 1.55. The molecule has 0 saturated carbocycles. The van der Waals surface area contributed by atoms with Crippen LogP contribution in [0.1, 0.15) is 12.0 Å². The highest BCUT2D eigenvalue weighted by Gasteiger charge is 2.34. The van der Waals surface area contributed by atoms with Crippen molar-refractivity contribution in [2.24, 2.45) is 0 Å². The van der Waals surface area contributed by atoms with E-state index in [4.69, 9.17) is 4.74 Å². The van der Waals surface area contributed by atoms with Crippen LogP contribution in [-0.2, 0) is 11.2 Å². The highest BCUT2D eigenvalue weighted by molar-refractivity contribution is 5.15. The monoisotopic (exact) mass is 174 g/mol. The van der Waals surface area contributed by atoms with Crippen LogP contribution in [0.2, 0.25) is 0 Å². The van der Waals surface area contributed by atoms with Crippen LogP contribution in [0.3, 0.4) is 0 Å². The van der Waals surface area contributed by atoms with E-state index in [-0.39, 0.29) is 0 Å². The number of hydrogen-bond acceptors (Lipinski definition) is 1. The van der Waals surface area contributed by atoms with Crippen molar-refractivity contribution in [1.82, 2.24) is 0 Å². The molecule has 1 aliphatic rings. The summed E-state index contributed by atoms with van der Waals surface area (Å²) in [6, 6.07) is 10.5. The third-order valence-electron chi connectivity index (χ3n) is 2.41. The summed E-state index contributed by atoms with van der Waals surface area (Å²) in [5, 5.41) is 0. The molecule has 1 heterocycles. The summed E-state index contributed by atoms with van der Waals surface area (Å²) in [5.74, 6) is 0. The molecule has 1 saturated heterocycles. The number of benzene rings is 1. The zero-order valence-corrected chi connectivity index (χ0v) is 7.65. The van der Waals surface area contributed by atoms with E-state index in [9.17, 15) is 0 Å². The van der Waals surface area contributed by atoms with E-state index in [0.717, 1.165) is 12.8 Å². The Morgan fingerprint density at radius 2 is 2.08 bits per heavy atom. The van der Waals surface area contributed by atoms with Crippen molar-refractivity contribution in [1.29, 1.82) is 0 Å². The average Bonchev–Trinajstić information content (AvgIpc) is 2.95. The third-order valence-corrected chi connectivity index (χ3v) is 2.41. The molecule has 0 spiro atoms. The molecule has 0 aromatic heterocycles. The van der Waals surface area contributed by atoms with Gasteiger partial charge in [-0.05, 0) is 18.4 Å². The first-order valence-electron chi connectivity index (χ1n) is 4.72. The molecule has 0 bridgehead atoms. The van der Waals surface area contributed by atoms with Crippen molar-refractivity contribution in [3.63, 3.8) is 0 Å². The molecule has 13 heavy (non-hydrogen) atoms. The Hall–Kier alpha value is -1.08. The van der Waals surface area contributed by atoms with Gasteiger partial charge in [-0.3, -0.25) is 0 Å². The van der Waals surface area contributed by atoms with Crippen molar-refractivity contribution in [3.8, 4) is 0 Å². The van der Waals surface area contributed by atoms with E-state index in [1.54, 1.807) is 0 Å². The molecule has 0 amide bonds. The van der Waals surface area contributed by atoms with Crippen LogP contribution in [0, 0.1) is 0 Å². The van der Waals surface area contributed by atoms with E-state index >= 15 is 0 Å². The Bertz CT molecular complexity index is 278. The summed E-state index contributed by atoms with van der Waals surface area (Å²) in [7, 11) is 0. The van der Waals surface area contributed by atoms with Crippen LogP contribution in [0.4, 0.5) is 0 Å². The molecule has 1 heteroatoms. The molecular weight excluding hydrogens is 160 g/mol. The van der Waals surface area contributed by atoms with Gasteiger partial charge in [-0.1, -0.05) is 36.4 Å². The van der Waals surface area contributed by atoms with Crippen LogP contribution < -0.4 is 0 Å². The van der Waals surface area contributed by atoms with Crippen molar-refractivity contribution >= 4 is 0 Å². The lowest BCUT2D eigenvalue weighted by molar-refractivity contribution is 0.379. The minimum absolute atomic E-state index is 0.323. The zero-order valence-electron chi connectivity index (χ0n) is 7.65. The SMILES string of the molecule is C=CC1OC1CCc1ccccc1. The largest absolute Gasteiger partial charge is 0.365 e. The molecule has 1 fully saturated rings. The van der Waals surface area contributed by atoms with Gasteiger partial charge in [0, 0.05) is 0 Å². The maximum atomic E-state index is 5.37. The summed E-state index contributed by atoms with van der Waals surface area (Å²) >= 11 is 0. The molecule has 1 aliphatic heterocycles. The molecule has 1 nitrogen and oxygen atoms in total. The Morgan fingerprint density at radius 3 is 2.69 bits per heavy atom. The predicted octanol–water partition coefficient (Wildman–Crippen LogP) is 2.57. The fourth-order valence-electron chi connectivity index (χ4n) is 1.55. The Labute approximate surface area is 79.0 Å². The summed E-state index contributed by atoms with van der Waals surface area (Å²) in [4.78, 5) is 0. The Kier molecular flexibility index (Phi) is 2.46. The minimum Gasteiger partial charge on any atom is -0.365 e. The zero-order chi connectivity index (χ0) is 9.10. The van der Waals surface area contributed by atoms with Crippen molar-refractivity contribution in [3.05, 3.63) is 48.6 Å². The molecule has 2 unspecified atom stereocenters. The summed E-state index contributed by atoms with van der Waals surface area (Å²) in [6.07, 6.45) is 4.85. The number of ether oxygens (including phenoxy) is 1. The number of epoxide rings is 1. The summed E-state index contributed by atoms with van der Waals surface area (Å²) in [6.45, 7) is 3.70. The quantitative estimate of drug-likeness (QED) is 0.505. The van der Waals surface area contributed by atoms with Gasteiger partial charge in [0.2, 0.25) is 0 Å². The molecule has 1 aromatic rings. The number of rotatable bonds is 4. The Morgan fingerprint density at radius 1 is 1.31 bits per heavy atom. The topological polar surface area (TPSA) is 12.5 Å². The smallest absolute Gasteiger partial charge is 0.102 e. The second-order valence-electron chi connectivity index (χ2n) is 3.40. The van der Waals surface area contributed by atoms with Crippen molar-refractivity contribution in [2.45, 2.75) is 25.0 Å². The van der Waals surface area contributed by atoms with Crippen molar-refractivity contribution in [2.75, 3.05) is 0 Å². The molecule has 0 radical (unpaired) electrons. The molecule has 1 aromatic carbocycles. The number of hydrogen-bond donors (Lipinski definition) is 0. The van der Waals surface area contributed by atoms with Gasteiger partial charge in [0.25, 0.3) is 0 Å². The van der Waals surface area contributed by atoms with Gasteiger partial charge in [-0.25, -0.2) is 0 Å². The molecule has 2 atom stereocenters. The van der Waals surface area contributed by atoms with E-state index < -0.39 is 0 Å². The lowest BCUT2D eigenvalue weighted by atomic mass is 10.1. The first-order valence-corrected chi connectivity index (χ1v) is 4.72. The second kappa shape index (κ2) is 3.75. The highest BCUT2D eigenvalue weighted by atomic mass is 16.6. The van der Waals surface area contributed by atoms with Crippen LogP contribution in [0.5, 0.6) is 0 Å². The van der Waals surface area contributed by atoms with Gasteiger partial charge < -0.3 is 4.74 Å². The molecule has 0 aliphatic carbocycles. The van der Waals surface area contributed by atoms with Crippen LogP contribution >= 0.6 is 0 Å². The van der Waals surface area contributed by atoms with Crippen LogP contribution in [0.25, 0.3) is 0 Å². The standard InChI is InChI=1S/C12H14O/c1-2-11-12(13-11)9-8-10-6-4-3-5-7-10/h2-7,11-12H,1,8-9H2. The summed E-state index contributed by atoms with van der Waals surface area (Å²) in [5.41, 5.74) is 1.39. The van der Waals surface area contributed by atoms with E-state index in [0.29, 0.717) is 12.2 Å². The van der Waals surface area contributed by atoms with Gasteiger partial charge >= 0.3 is 0 Å². The first kappa shape index (κ1) is 8.52. The maximum absolute atomic E-state index is 5.37. The Balaban J connectivity index is 1.78. The van der Waals surface area contributed by atoms with Gasteiger partial charge in [0.15, 0.2) is 0 Å². The summed E-state index contributed by atoms with van der Waals surface area (Å²) < 4.78 is 5.37. The van der Waals surface area contributed by atoms with Gasteiger partial charge in [-0.15, -0.1) is 6.58 Å². The molecular formula is C12H14O. The van der Waals surface area contributed by atoms with Crippen molar-refractivity contribution < 1.29 is 4.74 Å². The van der Waals surface area contributed by atoms with E-state index in [1.807, 2.05) is 12.1 Å². The predicted molar refractivity (Wildman–Crippen MR) is 53.6 cm³/mol.